The van der Waals surface area contributed by atoms with Gasteiger partial charge in [-0.2, -0.15) is 0 Å². The zero-order valence-electron chi connectivity index (χ0n) is 15.7. The highest BCUT2D eigenvalue weighted by Crippen LogP contribution is 2.22. The lowest BCUT2D eigenvalue weighted by Crippen LogP contribution is -2.24. The summed E-state index contributed by atoms with van der Waals surface area (Å²) in [7, 11) is 0. The molecule has 0 aliphatic carbocycles. The van der Waals surface area contributed by atoms with Crippen molar-refractivity contribution >= 4 is 17.9 Å². The third-order valence-electron chi connectivity index (χ3n) is 4.49. The maximum Gasteiger partial charge on any atom is 0.315 e. The van der Waals surface area contributed by atoms with Gasteiger partial charge in [0.05, 0.1) is 18.7 Å². The van der Waals surface area contributed by atoms with Gasteiger partial charge < -0.3 is 9.64 Å². The molecule has 0 saturated carbocycles. The van der Waals surface area contributed by atoms with E-state index in [9.17, 15) is 4.79 Å². The molecular weight excluding hydrogens is 312 g/mol. The lowest BCUT2D eigenvalue weighted by atomic mass is 10.0. The fraction of sp³-hybridized carbons (Fsp3) is 0.524. The van der Waals surface area contributed by atoms with Crippen molar-refractivity contribution in [1.29, 1.82) is 0 Å². The van der Waals surface area contributed by atoms with Gasteiger partial charge in [0, 0.05) is 11.9 Å². The summed E-state index contributed by atoms with van der Waals surface area (Å²) in [6.45, 7) is 7.00. The molecular formula is C21H30N2O2. The second-order valence-electron chi connectivity index (χ2n) is 6.52. The molecule has 25 heavy (non-hydrogen) atoms. The number of hydrogen-bond donors (Lipinski definition) is 0. The number of benzene rings is 1. The van der Waals surface area contributed by atoms with Crippen LogP contribution < -0.4 is 4.90 Å². The summed E-state index contributed by atoms with van der Waals surface area (Å²) in [4.78, 5) is 18.6. The van der Waals surface area contributed by atoms with Gasteiger partial charge >= 0.3 is 5.97 Å². The molecule has 0 aromatic heterocycles. The Morgan fingerprint density at radius 3 is 2.84 bits per heavy atom. The maximum absolute atomic E-state index is 12.3. The van der Waals surface area contributed by atoms with Gasteiger partial charge in [0.1, 0.15) is 0 Å². The van der Waals surface area contributed by atoms with Crippen LogP contribution in [0.3, 0.4) is 0 Å². The van der Waals surface area contributed by atoms with Crippen molar-refractivity contribution in [3.05, 3.63) is 41.9 Å². The monoisotopic (exact) mass is 342 g/mol. The average molecular weight is 342 g/mol. The van der Waals surface area contributed by atoms with Gasteiger partial charge in [0.2, 0.25) is 5.88 Å². The number of aliphatic imine (C=N–C) groups is 1. The number of aryl methyl sites for hydroxylation is 1. The van der Waals surface area contributed by atoms with E-state index in [-0.39, 0.29) is 11.9 Å². The van der Waals surface area contributed by atoms with Crippen LogP contribution >= 0.6 is 0 Å². The molecule has 1 heterocycles. The van der Waals surface area contributed by atoms with E-state index in [1.54, 1.807) is 6.21 Å². The second kappa shape index (κ2) is 10.0. The molecule has 1 aromatic carbocycles. The molecule has 0 N–H and O–H groups in total. The number of unbranched alkanes of at least 4 members (excludes halogenated alkanes) is 1. The minimum atomic E-state index is -0.175. The molecule has 136 valence electrons. The van der Waals surface area contributed by atoms with Crippen LogP contribution in [-0.4, -0.2) is 18.7 Å². The van der Waals surface area contributed by atoms with Crippen LogP contribution in [0.4, 0.5) is 5.69 Å². The fourth-order valence-corrected chi connectivity index (χ4v) is 2.97. The van der Waals surface area contributed by atoms with Crippen molar-refractivity contribution < 1.29 is 9.53 Å². The van der Waals surface area contributed by atoms with Gasteiger partial charge in [-0.1, -0.05) is 45.7 Å². The first-order valence-electron chi connectivity index (χ1n) is 9.49. The van der Waals surface area contributed by atoms with Gasteiger partial charge in [0.15, 0.2) is 0 Å². The predicted molar refractivity (Wildman–Crippen MR) is 104 cm³/mol. The van der Waals surface area contributed by atoms with Crippen molar-refractivity contribution in [2.75, 3.05) is 11.4 Å². The highest BCUT2D eigenvalue weighted by atomic mass is 16.5. The van der Waals surface area contributed by atoms with Crippen LogP contribution in [0, 0.1) is 5.92 Å². The standard InChI is InChI=1S/C21H30N2O2/c1-4-7-10-17-11-8-12-19(15-17)23-14-13-22-20(16-23)25-21(24)18(6-3)9-5-2/h8,11-13,15-16,18H,4-7,9-10,14H2,1-3H3. The zero-order chi connectivity index (χ0) is 18.1. The first-order valence-corrected chi connectivity index (χ1v) is 9.49. The summed E-state index contributed by atoms with van der Waals surface area (Å²) in [5.41, 5.74) is 2.44. The van der Waals surface area contributed by atoms with Gasteiger partial charge in [-0.05, 0) is 43.4 Å². The highest BCUT2D eigenvalue weighted by molar-refractivity contribution is 5.75. The van der Waals surface area contributed by atoms with E-state index in [0.717, 1.165) is 31.4 Å². The zero-order valence-corrected chi connectivity index (χ0v) is 15.7. The summed E-state index contributed by atoms with van der Waals surface area (Å²) < 4.78 is 5.53. The van der Waals surface area contributed by atoms with Gasteiger partial charge in [0.25, 0.3) is 0 Å². The van der Waals surface area contributed by atoms with Crippen LogP contribution in [0.15, 0.2) is 41.3 Å². The first kappa shape index (κ1) is 19.2. The molecule has 0 amide bonds. The second-order valence-corrected chi connectivity index (χ2v) is 6.52. The van der Waals surface area contributed by atoms with E-state index in [1.165, 1.54) is 18.4 Å². The molecule has 4 heteroatoms. The Balaban J connectivity index is 2.06. The first-order chi connectivity index (χ1) is 12.2. The SMILES string of the molecule is CCCCc1cccc(N2C=C(OC(=O)C(CC)CCC)N=CC2)c1. The summed E-state index contributed by atoms with van der Waals surface area (Å²) in [5.74, 6) is 0.157. The molecule has 0 spiro atoms. The molecule has 0 radical (unpaired) electrons. The number of anilines is 1. The molecule has 0 bridgehead atoms. The van der Waals surface area contributed by atoms with Crippen molar-refractivity contribution in [3.63, 3.8) is 0 Å². The minimum Gasteiger partial charge on any atom is -0.406 e. The molecule has 0 fully saturated rings. The number of carbonyl (C=O) groups is 1. The molecule has 2 rings (SSSR count). The van der Waals surface area contributed by atoms with Gasteiger partial charge in [-0.25, -0.2) is 4.99 Å². The van der Waals surface area contributed by atoms with Gasteiger partial charge in [-0.3, -0.25) is 4.79 Å². The average Bonchev–Trinajstić information content (AvgIpc) is 2.64. The van der Waals surface area contributed by atoms with Crippen LogP contribution in [-0.2, 0) is 16.0 Å². The quantitative estimate of drug-likeness (QED) is 0.587. The lowest BCUT2D eigenvalue weighted by molar-refractivity contribution is -0.144. The summed E-state index contributed by atoms with van der Waals surface area (Å²) in [5, 5.41) is 0. The summed E-state index contributed by atoms with van der Waals surface area (Å²) in [6, 6.07) is 8.53. The van der Waals surface area contributed by atoms with E-state index < -0.39 is 0 Å². The van der Waals surface area contributed by atoms with E-state index in [0.29, 0.717) is 12.4 Å². The van der Waals surface area contributed by atoms with Crippen molar-refractivity contribution in [1.82, 2.24) is 0 Å². The van der Waals surface area contributed by atoms with E-state index in [4.69, 9.17) is 4.74 Å². The van der Waals surface area contributed by atoms with Crippen LogP contribution in [0.1, 0.15) is 58.4 Å². The molecule has 1 aromatic rings. The Labute approximate surface area is 151 Å². The van der Waals surface area contributed by atoms with E-state index >= 15 is 0 Å². The van der Waals surface area contributed by atoms with Crippen molar-refractivity contribution in [2.24, 2.45) is 10.9 Å². The van der Waals surface area contributed by atoms with Gasteiger partial charge in [-0.15, -0.1) is 0 Å². The number of carbonyl (C=O) groups excluding carboxylic acids is 1. The Hall–Kier alpha value is -2.10. The smallest absolute Gasteiger partial charge is 0.315 e. The number of nitrogens with zero attached hydrogens (tertiary/aromatic N) is 2. The number of ether oxygens (including phenoxy) is 1. The largest absolute Gasteiger partial charge is 0.406 e. The Morgan fingerprint density at radius 1 is 1.28 bits per heavy atom. The highest BCUT2D eigenvalue weighted by Gasteiger charge is 2.20. The summed E-state index contributed by atoms with van der Waals surface area (Å²) in [6.07, 6.45) is 9.73. The Bertz CT molecular complexity index is 622. The molecule has 1 aliphatic heterocycles. The third kappa shape index (κ3) is 5.73. The molecule has 1 atom stereocenters. The van der Waals surface area contributed by atoms with E-state index in [1.807, 2.05) is 13.1 Å². The lowest BCUT2D eigenvalue weighted by Gasteiger charge is -2.23. The summed E-state index contributed by atoms with van der Waals surface area (Å²) >= 11 is 0. The van der Waals surface area contributed by atoms with E-state index in [2.05, 4.69) is 48.0 Å². The molecule has 4 nitrogen and oxygen atoms in total. The van der Waals surface area contributed by atoms with Crippen LogP contribution in [0.2, 0.25) is 0 Å². The number of rotatable bonds is 9. The minimum absolute atomic E-state index is 0.0474. The third-order valence-corrected chi connectivity index (χ3v) is 4.49. The topological polar surface area (TPSA) is 41.9 Å². The van der Waals surface area contributed by atoms with Crippen LogP contribution in [0.25, 0.3) is 0 Å². The Kier molecular flexibility index (Phi) is 7.71. The van der Waals surface area contributed by atoms with Crippen molar-refractivity contribution in [2.45, 2.75) is 59.3 Å². The van der Waals surface area contributed by atoms with Crippen LogP contribution in [0.5, 0.6) is 0 Å². The number of esters is 1. The molecule has 1 unspecified atom stereocenters. The normalized spacial score (nSPS) is 15.0. The molecule has 0 saturated heterocycles. The van der Waals surface area contributed by atoms with Crippen molar-refractivity contribution in [3.8, 4) is 0 Å². The predicted octanol–water partition coefficient (Wildman–Crippen LogP) is 5.09. The Morgan fingerprint density at radius 2 is 2.12 bits per heavy atom. The number of hydrogen-bond acceptors (Lipinski definition) is 4. The maximum atomic E-state index is 12.3. The molecule has 1 aliphatic rings. The fourth-order valence-electron chi connectivity index (χ4n) is 2.97.